The van der Waals surface area contributed by atoms with Crippen LogP contribution in [0, 0.1) is 17.8 Å². The van der Waals surface area contributed by atoms with E-state index in [-0.39, 0.29) is 12.4 Å². The first-order chi connectivity index (χ1) is 11.8. The van der Waals surface area contributed by atoms with Crippen molar-refractivity contribution < 1.29 is 22.4 Å². The molecule has 1 saturated carbocycles. The van der Waals surface area contributed by atoms with Crippen LogP contribution < -0.4 is 17.3 Å². The van der Waals surface area contributed by atoms with Crippen molar-refractivity contribution in [3.8, 4) is 11.8 Å². The van der Waals surface area contributed by atoms with Crippen molar-refractivity contribution in [2.45, 2.75) is 63.4 Å². The molecule has 2 aliphatic rings. The molecule has 3 heteroatoms. The van der Waals surface area contributed by atoms with Gasteiger partial charge in [0.25, 0.3) is 0 Å². The standard InChI is InChI=1S/C22H31NO.ClH/c24-22(21-14-6-7-15-21,20-12-4-3-5-13-20)16-8-11-19-23-17-9-1-2-10-18-23;/h3-5,12-13,21,24H,1-2,6-7,9-10,14-19H2;1H. The minimum absolute atomic E-state index is 0. The van der Waals surface area contributed by atoms with Gasteiger partial charge >= 0.3 is 0 Å². The van der Waals surface area contributed by atoms with Gasteiger partial charge in [-0.25, -0.2) is 0 Å². The number of benzene rings is 1. The molecule has 1 atom stereocenters. The van der Waals surface area contributed by atoms with E-state index in [0.29, 0.717) is 12.3 Å². The van der Waals surface area contributed by atoms with Crippen LogP contribution in [-0.4, -0.2) is 24.7 Å². The molecule has 138 valence electrons. The van der Waals surface area contributed by atoms with Crippen molar-refractivity contribution in [3.63, 3.8) is 0 Å². The summed E-state index contributed by atoms with van der Waals surface area (Å²) in [7, 11) is 0. The van der Waals surface area contributed by atoms with Crippen LogP contribution in [0.5, 0.6) is 0 Å². The number of nitrogens with one attached hydrogen (secondary N) is 1. The third kappa shape index (κ3) is 5.48. The van der Waals surface area contributed by atoms with Crippen LogP contribution in [0.25, 0.3) is 0 Å². The minimum atomic E-state index is -0.765. The van der Waals surface area contributed by atoms with E-state index in [1.54, 1.807) is 4.90 Å². The maximum absolute atomic E-state index is 11.5. The Morgan fingerprint density at radius 2 is 1.56 bits per heavy atom. The Hall–Kier alpha value is -1.01. The van der Waals surface area contributed by atoms with Crippen LogP contribution in [0.4, 0.5) is 0 Å². The monoisotopic (exact) mass is 361 g/mol. The highest BCUT2D eigenvalue weighted by Crippen LogP contribution is 2.42. The van der Waals surface area contributed by atoms with Crippen LogP contribution in [-0.2, 0) is 5.60 Å². The smallest absolute Gasteiger partial charge is 0.139 e. The maximum atomic E-state index is 11.5. The molecule has 2 nitrogen and oxygen atoms in total. The van der Waals surface area contributed by atoms with Crippen molar-refractivity contribution in [2.75, 3.05) is 19.6 Å². The maximum Gasteiger partial charge on any atom is 0.139 e. The van der Waals surface area contributed by atoms with Gasteiger partial charge in [0.2, 0.25) is 0 Å². The molecule has 0 aromatic heterocycles. The normalized spacial score (nSPS) is 21.5. The highest BCUT2D eigenvalue weighted by molar-refractivity contribution is 5.26. The predicted octanol–water partition coefficient (Wildman–Crippen LogP) is -0.0792. The molecule has 1 aliphatic heterocycles. The SMILES string of the molecule is OC(CC#CC[NH+]1CCCCCC1)(c1ccccc1)C1CCCC1.[Cl-]. The van der Waals surface area contributed by atoms with Crippen molar-refractivity contribution in [2.24, 2.45) is 5.92 Å². The molecule has 3 rings (SSSR count). The van der Waals surface area contributed by atoms with E-state index < -0.39 is 5.60 Å². The molecule has 1 aromatic carbocycles. The molecule has 2 N–H and O–H groups in total. The molecule has 25 heavy (non-hydrogen) atoms. The molecule has 0 spiro atoms. The summed E-state index contributed by atoms with van der Waals surface area (Å²) in [5.41, 5.74) is 0.284. The number of halogens is 1. The van der Waals surface area contributed by atoms with E-state index in [1.165, 1.54) is 51.6 Å². The summed E-state index contributed by atoms with van der Waals surface area (Å²) >= 11 is 0. The Kier molecular flexibility index (Phi) is 8.30. The van der Waals surface area contributed by atoms with Crippen LogP contribution >= 0.6 is 0 Å². The third-order valence-corrected chi connectivity index (χ3v) is 5.94. The third-order valence-electron chi connectivity index (χ3n) is 5.94. The van der Waals surface area contributed by atoms with Crippen LogP contribution in [0.3, 0.4) is 0 Å². The minimum Gasteiger partial charge on any atom is -1.00 e. The second-order valence-electron chi connectivity index (χ2n) is 7.64. The molecule has 0 amide bonds. The van der Waals surface area contributed by atoms with Gasteiger partial charge in [0.1, 0.15) is 12.1 Å². The van der Waals surface area contributed by atoms with Crippen LogP contribution in [0.15, 0.2) is 30.3 Å². The zero-order chi connectivity index (χ0) is 16.7. The molecule has 0 bridgehead atoms. The fraction of sp³-hybridized carbons (Fsp3) is 0.636. The van der Waals surface area contributed by atoms with Gasteiger partial charge < -0.3 is 22.4 Å². The zero-order valence-electron chi connectivity index (χ0n) is 15.3. The first kappa shape index (κ1) is 20.3. The van der Waals surface area contributed by atoms with E-state index in [2.05, 4.69) is 24.0 Å². The average molecular weight is 362 g/mol. The highest BCUT2D eigenvalue weighted by atomic mass is 35.5. The van der Waals surface area contributed by atoms with Crippen molar-refractivity contribution in [1.29, 1.82) is 0 Å². The van der Waals surface area contributed by atoms with E-state index in [4.69, 9.17) is 0 Å². The molecule has 1 heterocycles. The zero-order valence-corrected chi connectivity index (χ0v) is 16.0. The van der Waals surface area contributed by atoms with Gasteiger partial charge in [0, 0.05) is 6.42 Å². The van der Waals surface area contributed by atoms with Crippen molar-refractivity contribution in [3.05, 3.63) is 35.9 Å². The molecular formula is C22H32ClNO. The first-order valence-electron chi connectivity index (χ1n) is 9.86. The van der Waals surface area contributed by atoms with Gasteiger partial charge in [-0.3, -0.25) is 0 Å². The number of rotatable bonds is 4. The number of aliphatic hydroxyl groups is 1. The van der Waals surface area contributed by atoms with Crippen LogP contribution in [0.2, 0.25) is 0 Å². The van der Waals surface area contributed by atoms with E-state index >= 15 is 0 Å². The Balaban J connectivity index is 0.00000225. The lowest BCUT2D eigenvalue weighted by molar-refractivity contribution is -0.891. The Morgan fingerprint density at radius 3 is 2.20 bits per heavy atom. The molecule has 1 aliphatic carbocycles. The van der Waals surface area contributed by atoms with Gasteiger partial charge in [-0.15, -0.1) is 0 Å². The van der Waals surface area contributed by atoms with Gasteiger partial charge in [-0.2, -0.15) is 0 Å². The summed E-state index contributed by atoms with van der Waals surface area (Å²) in [5.74, 6) is 7.09. The van der Waals surface area contributed by atoms with Gasteiger partial charge in [0.15, 0.2) is 0 Å². The van der Waals surface area contributed by atoms with E-state index in [9.17, 15) is 5.11 Å². The number of quaternary nitrogens is 1. The summed E-state index contributed by atoms with van der Waals surface area (Å²) in [5, 5.41) is 11.5. The summed E-state index contributed by atoms with van der Waals surface area (Å²) in [4.78, 5) is 1.63. The summed E-state index contributed by atoms with van der Waals surface area (Å²) in [6.45, 7) is 3.47. The summed E-state index contributed by atoms with van der Waals surface area (Å²) in [6, 6.07) is 10.2. The number of likely N-dealkylation sites (tertiary alicyclic amines) is 1. The number of hydrogen-bond acceptors (Lipinski definition) is 1. The second-order valence-corrected chi connectivity index (χ2v) is 7.64. The van der Waals surface area contributed by atoms with Gasteiger partial charge in [0.05, 0.1) is 13.1 Å². The highest BCUT2D eigenvalue weighted by Gasteiger charge is 2.39. The molecule has 2 fully saturated rings. The van der Waals surface area contributed by atoms with Crippen molar-refractivity contribution >= 4 is 0 Å². The lowest BCUT2D eigenvalue weighted by Crippen LogP contribution is -3.11. The fourth-order valence-electron chi connectivity index (χ4n) is 4.40. The van der Waals surface area contributed by atoms with Crippen LogP contribution in [0.1, 0.15) is 63.4 Å². The Morgan fingerprint density at radius 1 is 0.920 bits per heavy atom. The molecular weight excluding hydrogens is 330 g/mol. The first-order valence-corrected chi connectivity index (χ1v) is 9.86. The Labute approximate surface area is 159 Å². The summed E-state index contributed by atoms with van der Waals surface area (Å²) < 4.78 is 0. The topological polar surface area (TPSA) is 24.7 Å². The lowest BCUT2D eigenvalue weighted by Gasteiger charge is -2.33. The largest absolute Gasteiger partial charge is 1.00 e. The predicted molar refractivity (Wildman–Crippen MR) is 98.7 cm³/mol. The molecule has 1 aromatic rings. The average Bonchev–Trinajstić information content (AvgIpc) is 3.05. The molecule has 0 radical (unpaired) electrons. The quantitative estimate of drug-likeness (QED) is 0.720. The second kappa shape index (κ2) is 10.2. The summed E-state index contributed by atoms with van der Waals surface area (Å²) in [6.07, 6.45) is 10.8. The van der Waals surface area contributed by atoms with Gasteiger partial charge in [-0.05, 0) is 55.9 Å². The molecule has 1 saturated heterocycles. The fourth-order valence-corrected chi connectivity index (χ4v) is 4.40. The molecule has 1 unspecified atom stereocenters. The Bertz CT molecular complexity index is 550. The van der Waals surface area contributed by atoms with Crippen molar-refractivity contribution in [1.82, 2.24) is 0 Å². The van der Waals surface area contributed by atoms with E-state index in [0.717, 1.165) is 24.9 Å². The van der Waals surface area contributed by atoms with Gasteiger partial charge in [-0.1, -0.05) is 49.1 Å². The lowest BCUT2D eigenvalue weighted by atomic mass is 9.78. The number of hydrogen-bond donors (Lipinski definition) is 2. The van der Waals surface area contributed by atoms with E-state index in [1.807, 2.05) is 18.2 Å².